The van der Waals surface area contributed by atoms with Crippen LogP contribution in [-0.2, 0) is 13.1 Å². The molecule has 0 aliphatic rings. The van der Waals surface area contributed by atoms with E-state index in [9.17, 15) is 0 Å². The highest BCUT2D eigenvalue weighted by molar-refractivity contribution is 7.13. The molecule has 1 N–H and O–H groups in total. The minimum atomic E-state index is 0.841. The van der Waals surface area contributed by atoms with Crippen LogP contribution in [0, 0.1) is 0 Å². The molecule has 86 valence electrons. The first-order valence-corrected chi connectivity index (χ1v) is 6.40. The zero-order valence-electron chi connectivity index (χ0n) is 9.60. The molecule has 16 heavy (non-hydrogen) atoms. The van der Waals surface area contributed by atoms with Crippen molar-refractivity contribution < 1.29 is 0 Å². The summed E-state index contributed by atoms with van der Waals surface area (Å²) in [6.45, 7) is 6.88. The molecular weight excluding hydrogens is 220 g/mol. The SMILES string of the molecule is CCNCc1csc(-c2ccnn2CC)n1. The number of thiazole rings is 1. The Morgan fingerprint density at radius 2 is 2.31 bits per heavy atom. The van der Waals surface area contributed by atoms with E-state index < -0.39 is 0 Å². The lowest BCUT2D eigenvalue weighted by atomic mass is 10.4. The van der Waals surface area contributed by atoms with E-state index in [2.05, 4.69) is 34.6 Å². The molecule has 0 radical (unpaired) electrons. The molecule has 0 aliphatic heterocycles. The van der Waals surface area contributed by atoms with Gasteiger partial charge in [-0.2, -0.15) is 5.10 Å². The van der Waals surface area contributed by atoms with Gasteiger partial charge in [0, 0.05) is 24.7 Å². The third-order valence-electron chi connectivity index (χ3n) is 2.34. The van der Waals surface area contributed by atoms with Crippen molar-refractivity contribution in [3.05, 3.63) is 23.3 Å². The van der Waals surface area contributed by atoms with Crippen molar-refractivity contribution in [2.24, 2.45) is 0 Å². The highest BCUT2D eigenvalue weighted by Crippen LogP contribution is 2.23. The Kier molecular flexibility index (Phi) is 3.69. The highest BCUT2D eigenvalue weighted by atomic mass is 32.1. The van der Waals surface area contributed by atoms with E-state index in [4.69, 9.17) is 0 Å². The quantitative estimate of drug-likeness (QED) is 0.865. The third kappa shape index (κ3) is 2.31. The van der Waals surface area contributed by atoms with E-state index in [-0.39, 0.29) is 0 Å². The molecule has 2 rings (SSSR count). The number of rotatable bonds is 5. The standard InChI is InChI=1S/C11H16N4S/c1-3-12-7-9-8-16-11(14-9)10-5-6-13-15(10)4-2/h5-6,8,12H,3-4,7H2,1-2H3. The zero-order chi connectivity index (χ0) is 11.4. The van der Waals surface area contributed by atoms with E-state index >= 15 is 0 Å². The molecule has 0 amide bonds. The van der Waals surface area contributed by atoms with Crippen LogP contribution in [0.3, 0.4) is 0 Å². The minimum Gasteiger partial charge on any atom is -0.311 e. The summed E-state index contributed by atoms with van der Waals surface area (Å²) in [5.74, 6) is 0. The summed E-state index contributed by atoms with van der Waals surface area (Å²) in [6, 6.07) is 2.01. The van der Waals surface area contributed by atoms with Gasteiger partial charge in [-0.1, -0.05) is 6.92 Å². The Labute approximate surface area is 99.3 Å². The van der Waals surface area contributed by atoms with E-state index in [0.717, 1.165) is 36.0 Å². The van der Waals surface area contributed by atoms with E-state index in [1.165, 1.54) is 0 Å². The van der Waals surface area contributed by atoms with E-state index in [1.54, 1.807) is 11.3 Å². The molecule has 0 atom stereocenters. The van der Waals surface area contributed by atoms with Crippen LogP contribution < -0.4 is 5.32 Å². The van der Waals surface area contributed by atoms with Gasteiger partial charge in [0.25, 0.3) is 0 Å². The van der Waals surface area contributed by atoms with Crippen molar-refractivity contribution in [3.8, 4) is 10.7 Å². The first kappa shape index (κ1) is 11.3. The molecule has 0 aromatic carbocycles. The van der Waals surface area contributed by atoms with Crippen molar-refractivity contribution in [2.45, 2.75) is 26.9 Å². The third-order valence-corrected chi connectivity index (χ3v) is 3.26. The Hall–Kier alpha value is -1.20. The Bertz CT molecular complexity index is 446. The van der Waals surface area contributed by atoms with Crippen LogP contribution in [0.15, 0.2) is 17.6 Å². The van der Waals surface area contributed by atoms with Gasteiger partial charge in [0.15, 0.2) is 0 Å². The van der Waals surface area contributed by atoms with Gasteiger partial charge in [-0.05, 0) is 19.5 Å². The van der Waals surface area contributed by atoms with Crippen molar-refractivity contribution in [1.82, 2.24) is 20.1 Å². The Balaban J connectivity index is 2.18. The lowest BCUT2D eigenvalue weighted by Gasteiger charge is -2.00. The molecule has 0 aliphatic carbocycles. The van der Waals surface area contributed by atoms with Crippen LogP contribution in [0.4, 0.5) is 0 Å². The van der Waals surface area contributed by atoms with Crippen LogP contribution in [0.2, 0.25) is 0 Å². The Morgan fingerprint density at radius 1 is 1.44 bits per heavy atom. The topological polar surface area (TPSA) is 42.7 Å². The Morgan fingerprint density at radius 3 is 3.06 bits per heavy atom. The summed E-state index contributed by atoms with van der Waals surface area (Å²) in [5, 5.41) is 10.7. The van der Waals surface area contributed by atoms with Crippen LogP contribution in [-0.4, -0.2) is 21.3 Å². The highest BCUT2D eigenvalue weighted by Gasteiger charge is 2.08. The molecule has 0 bridgehead atoms. The summed E-state index contributed by atoms with van der Waals surface area (Å²) in [5.41, 5.74) is 2.21. The van der Waals surface area contributed by atoms with Crippen LogP contribution >= 0.6 is 11.3 Å². The fourth-order valence-electron chi connectivity index (χ4n) is 1.53. The number of aromatic nitrogens is 3. The lowest BCUT2D eigenvalue weighted by molar-refractivity contribution is 0.666. The predicted octanol–water partition coefficient (Wildman–Crippen LogP) is 2.14. The molecular formula is C11H16N4S. The van der Waals surface area contributed by atoms with Gasteiger partial charge in [-0.15, -0.1) is 11.3 Å². The molecule has 4 nitrogen and oxygen atoms in total. The maximum Gasteiger partial charge on any atom is 0.141 e. The lowest BCUT2D eigenvalue weighted by Crippen LogP contribution is -2.11. The first-order valence-electron chi connectivity index (χ1n) is 5.52. The maximum atomic E-state index is 4.59. The van der Waals surface area contributed by atoms with Gasteiger partial charge < -0.3 is 5.32 Å². The fraction of sp³-hybridized carbons (Fsp3) is 0.455. The minimum absolute atomic E-state index is 0.841. The van der Waals surface area contributed by atoms with Gasteiger partial charge in [-0.3, -0.25) is 4.68 Å². The van der Waals surface area contributed by atoms with Crippen LogP contribution in [0.25, 0.3) is 10.7 Å². The van der Waals surface area contributed by atoms with Gasteiger partial charge in [-0.25, -0.2) is 4.98 Å². The number of hydrogen-bond donors (Lipinski definition) is 1. The summed E-state index contributed by atoms with van der Waals surface area (Å²) >= 11 is 1.68. The molecule has 0 unspecified atom stereocenters. The van der Waals surface area contributed by atoms with Crippen molar-refractivity contribution >= 4 is 11.3 Å². The first-order chi connectivity index (χ1) is 7.85. The monoisotopic (exact) mass is 236 g/mol. The van der Waals surface area contributed by atoms with Gasteiger partial charge >= 0.3 is 0 Å². The summed E-state index contributed by atoms with van der Waals surface area (Å²) in [6.07, 6.45) is 1.82. The molecule has 5 heteroatoms. The molecule has 2 aromatic rings. The average Bonchev–Trinajstić information content (AvgIpc) is 2.94. The smallest absolute Gasteiger partial charge is 0.141 e. The van der Waals surface area contributed by atoms with Crippen molar-refractivity contribution in [2.75, 3.05) is 6.54 Å². The average molecular weight is 236 g/mol. The second-order valence-corrected chi connectivity index (χ2v) is 4.31. The van der Waals surface area contributed by atoms with Crippen molar-refractivity contribution in [3.63, 3.8) is 0 Å². The van der Waals surface area contributed by atoms with E-state index in [0.29, 0.717) is 0 Å². The largest absolute Gasteiger partial charge is 0.311 e. The fourth-order valence-corrected chi connectivity index (χ4v) is 2.37. The van der Waals surface area contributed by atoms with Gasteiger partial charge in [0.1, 0.15) is 5.01 Å². The van der Waals surface area contributed by atoms with Crippen LogP contribution in [0.5, 0.6) is 0 Å². The molecule has 0 saturated heterocycles. The second kappa shape index (κ2) is 5.23. The summed E-state index contributed by atoms with van der Waals surface area (Å²) < 4.78 is 1.97. The number of nitrogens with one attached hydrogen (secondary N) is 1. The zero-order valence-corrected chi connectivity index (χ0v) is 10.4. The number of hydrogen-bond acceptors (Lipinski definition) is 4. The van der Waals surface area contributed by atoms with Crippen LogP contribution in [0.1, 0.15) is 19.5 Å². The van der Waals surface area contributed by atoms with Gasteiger partial charge in [0.2, 0.25) is 0 Å². The molecule has 0 fully saturated rings. The maximum absolute atomic E-state index is 4.59. The van der Waals surface area contributed by atoms with Gasteiger partial charge in [0.05, 0.1) is 11.4 Å². The molecule has 2 aromatic heterocycles. The summed E-state index contributed by atoms with van der Waals surface area (Å²) in [4.78, 5) is 4.59. The van der Waals surface area contributed by atoms with E-state index in [1.807, 2.05) is 16.9 Å². The second-order valence-electron chi connectivity index (χ2n) is 3.46. The number of nitrogens with zero attached hydrogens (tertiary/aromatic N) is 3. The normalized spacial score (nSPS) is 10.9. The summed E-state index contributed by atoms with van der Waals surface area (Å²) in [7, 11) is 0. The predicted molar refractivity (Wildman–Crippen MR) is 66.4 cm³/mol. The molecule has 0 saturated carbocycles. The number of aryl methyl sites for hydroxylation is 1. The molecule has 0 spiro atoms. The molecule has 2 heterocycles. The van der Waals surface area contributed by atoms with Crippen molar-refractivity contribution in [1.29, 1.82) is 0 Å².